The maximum absolute atomic E-state index is 5.75. The van der Waals surface area contributed by atoms with Gasteiger partial charge in [0.15, 0.2) is 5.96 Å². The topological polar surface area (TPSA) is 54.9 Å². The van der Waals surface area contributed by atoms with E-state index >= 15 is 0 Å². The number of methoxy groups -OCH3 is 1. The van der Waals surface area contributed by atoms with Crippen molar-refractivity contribution in [3.8, 4) is 0 Å². The Morgan fingerprint density at radius 1 is 1.24 bits per heavy atom. The molecule has 1 saturated carbocycles. The van der Waals surface area contributed by atoms with Crippen molar-refractivity contribution in [1.82, 2.24) is 10.6 Å². The second-order valence-electron chi connectivity index (χ2n) is 6.17. The summed E-state index contributed by atoms with van der Waals surface area (Å²) in [5.74, 6) is 0.937. The van der Waals surface area contributed by atoms with E-state index in [1.54, 1.807) is 7.11 Å². The average molecular weight is 297 g/mol. The molecule has 0 bridgehead atoms. The van der Waals surface area contributed by atoms with Gasteiger partial charge in [0.25, 0.3) is 0 Å². The third-order valence-electron chi connectivity index (χ3n) is 4.65. The summed E-state index contributed by atoms with van der Waals surface area (Å²) in [4.78, 5) is 4.79. The SMILES string of the molecule is CCNC(=NCC1(OC)CCOCC1)NC1CCCCC1. The first-order valence-electron chi connectivity index (χ1n) is 8.46. The Bertz CT molecular complexity index is 321. The molecule has 0 aromatic carbocycles. The summed E-state index contributed by atoms with van der Waals surface area (Å²) in [5.41, 5.74) is -0.146. The highest BCUT2D eigenvalue weighted by Crippen LogP contribution is 2.24. The first kappa shape index (κ1) is 16.6. The molecule has 122 valence electrons. The maximum atomic E-state index is 5.75. The second-order valence-corrected chi connectivity index (χ2v) is 6.17. The highest BCUT2D eigenvalue weighted by atomic mass is 16.5. The summed E-state index contributed by atoms with van der Waals surface area (Å²) in [6, 6.07) is 0.574. The first-order valence-corrected chi connectivity index (χ1v) is 8.46. The van der Waals surface area contributed by atoms with Crippen molar-refractivity contribution in [2.75, 3.05) is 33.4 Å². The van der Waals surface area contributed by atoms with Crippen LogP contribution in [0.2, 0.25) is 0 Å². The molecule has 1 saturated heterocycles. The van der Waals surface area contributed by atoms with E-state index in [4.69, 9.17) is 14.5 Å². The minimum atomic E-state index is -0.146. The molecule has 0 unspecified atom stereocenters. The van der Waals surface area contributed by atoms with Crippen LogP contribution in [0.4, 0.5) is 0 Å². The van der Waals surface area contributed by atoms with Gasteiger partial charge >= 0.3 is 0 Å². The van der Waals surface area contributed by atoms with Crippen LogP contribution in [0.25, 0.3) is 0 Å². The third-order valence-corrected chi connectivity index (χ3v) is 4.65. The average Bonchev–Trinajstić information content (AvgIpc) is 2.55. The highest BCUT2D eigenvalue weighted by molar-refractivity contribution is 5.80. The van der Waals surface area contributed by atoms with Crippen LogP contribution >= 0.6 is 0 Å². The molecule has 2 aliphatic rings. The molecular weight excluding hydrogens is 266 g/mol. The summed E-state index contributed by atoms with van der Waals surface area (Å²) in [6.07, 6.45) is 8.40. The van der Waals surface area contributed by atoms with Crippen LogP contribution in [0.3, 0.4) is 0 Å². The molecule has 0 atom stereocenters. The molecule has 0 amide bonds. The Labute approximate surface area is 128 Å². The number of rotatable bonds is 5. The fraction of sp³-hybridized carbons (Fsp3) is 0.938. The van der Waals surface area contributed by atoms with E-state index in [1.807, 2.05) is 0 Å². The molecule has 2 rings (SSSR count). The van der Waals surface area contributed by atoms with E-state index in [1.165, 1.54) is 32.1 Å². The molecule has 1 aliphatic carbocycles. The van der Waals surface area contributed by atoms with Crippen LogP contribution in [-0.2, 0) is 9.47 Å². The van der Waals surface area contributed by atoms with E-state index in [-0.39, 0.29) is 5.60 Å². The van der Waals surface area contributed by atoms with Gasteiger partial charge in [-0.2, -0.15) is 0 Å². The summed E-state index contributed by atoms with van der Waals surface area (Å²) in [5, 5.41) is 6.95. The summed E-state index contributed by atoms with van der Waals surface area (Å²) in [7, 11) is 1.79. The van der Waals surface area contributed by atoms with E-state index < -0.39 is 0 Å². The lowest BCUT2D eigenvalue weighted by atomic mass is 9.94. The van der Waals surface area contributed by atoms with E-state index in [2.05, 4.69) is 17.6 Å². The Balaban J connectivity index is 1.91. The Morgan fingerprint density at radius 3 is 2.57 bits per heavy atom. The number of ether oxygens (including phenoxy) is 2. The minimum absolute atomic E-state index is 0.146. The van der Waals surface area contributed by atoms with Crippen molar-refractivity contribution in [3.05, 3.63) is 0 Å². The van der Waals surface area contributed by atoms with Crippen molar-refractivity contribution in [1.29, 1.82) is 0 Å². The van der Waals surface area contributed by atoms with Crippen LogP contribution in [0.1, 0.15) is 51.9 Å². The number of aliphatic imine (C=N–C) groups is 1. The number of hydrogen-bond donors (Lipinski definition) is 2. The zero-order valence-electron chi connectivity index (χ0n) is 13.6. The number of nitrogens with zero attached hydrogens (tertiary/aromatic N) is 1. The predicted molar refractivity (Wildman–Crippen MR) is 85.8 cm³/mol. The predicted octanol–water partition coefficient (Wildman–Crippen LogP) is 2.07. The lowest BCUT2D eigenvalue weighted by molar-refractivity contribution is -0.0828. The number of hydrogen-bond acceptors (Lipinski definition) is 3. The van der Waals surface area contributed by atoms with Gasteiger partial charge in [-0.1, -0.05) is 19.3 Å². The van der Waals surface area contributed by atoms with Gasteiger partial charge in [-0.3, -0.25) is 4.99 Å². The highest BCUT2D eigenvalue weighted by Gasteiger charge is 2.32. The van der Waals surface area contributed by atoms with Crippen LogP contribution in [0, 0.1) is 0 Å². The molecule has 5 heteroatoms. The van der Waals surface area contributed by atoms with E-state index in [0.717, 1.165) is 38.6 Å². The minimum Gasteiger partial charge on any atom is -0.381 e. The van der Waals surface area contributed by atoms with Gasteiger partial charge in [0.05, 0.1) is 12.1 Å². The molecule has 0 aromatic heterocycles. The van der Waals surface area contributed by atoms with Gasteiger partial charge in [0, 0.05) is 45.8 Å². The number of nitrogens with one attached hydrogen (secondary N) is 2. The largest absolute Gasteiger partial charge is 0.381 e. The van der Waals surface area contributed by atoms with Gasteiger partial charge in [-0.05, 0) is 19.8 Å². The van der Waals surface area contributed by atoms with Gasteiger partial charge in [0.1, 0.15) is 0 Å². The first-order chi connectivity index (χ1) is 10.3. The maximum Gasteiger partial charge on any atom is 0.191 e. The molecule has 1 heterocycles. The molecule has 2 fully saturated rings. The quantitative estimate of drug-likeness (QED) is 0.602. The molecule has 1 aliphatic heterocycles. The molecule has 2 N–H and O–H groups in total. The summed E-state index contributed by atoms with van der Waals surface area (Å²) >= 11 is 0. The fourth-order valence-electron chi connectivity index (χ4n) is 3.15. The molecule has 5 nitrogen and oxygen atoms in total. The molecular formula is C16H31N3O2. The van der Waals surface area contributed by atoms with Crippen molar-refractivity contribution in [2.24, 2.45) is 4.99 Å². The summed E-state index contributed by atoms with van der Waals surface area (Å²) in [6.45, 7) is 5.25. The molecule has 0 spiro atoms. The van der Waals surface area contributed by atoms with E-state index in [0.29, 0.717) is 12.6 Å². The van der Waals surface area contributed by atoms with Crippen LogP contribution in [0.15, 0.2) is 4.99 Å². The monoisotopic (exact) mass is 297 g/mol. The Kier molecular flexibility index (Phi) is 6.77. The standard InChI is InChI=1S/C16H31N3O2/c1-3-17-15(19-14-7-5-4-6-8-14)18-13-16(20-2)9-11-21-12-10-16/h14H,3-13H2,1-2H3,(H2,17,18,19). The van der Waals surface area contributed by atoms with Crippen LogP contribution in [-0.4, -0.2) is 51.0 Å². The smallest absolute Gasteiger partial charge is 0.191 e. The van der Waals surface area contributed by atoms with Gasteiger partial charge in [0.2, 0.25) is 0 Å². The third kappa shape index (κ3) is 5.15. The fourth-order valence-corrected chi connectivity index (χ4v) is 3.15. The Morgan fingerprint density at radius 2 is 1.95 bits per heavy atom. The summed E-state index contributed by atoms with van der Waals surface area (Å²) < 4.78 is 11.2. The van der Waals surface area contributed by atoms with Crippen LogP contribution in [0.5, 0.6) is 0 Å². The molecule has 0 radical (unpaired) electrons. The van der Waals surface area contributed by atoms with Gasteiger partial charge < -0.3 is 20.1 Å². The zero-order chi connectivity index (χ0) is 15.0. The van der Waals surface area contributed by atoms with Gasteiger partial charge in [-0.25, -0.2) is 0 Å². The lowest BCUT2D eigenvalue weighted by Gasteiger charge is -2.35. The van der Waals surface area contributed by atoms with Crippen molar-refractivity contribution >= 4 is 5.96 Å². The molecule has 21 heavy (non-hydrogen) atoms. The lowest BCUT2D eigenvalue weighted by Crippen LogP contribution is -2.46. The molecule has 0 aromatic rings. The van der Waals surface area contributed by atoms with Crippen molar-refractivity contribution in [3.63, 3.8) is 0 Å². The van der Waals surface area contributed by atoms with Gasteiger partial charge in [-0.15, -0.1) is 0 Å². The van der Waals surface area contributed by atoms with Crippen molar-refractivity contribution in [2.45, 2.75) is 63.5 Å². The number of guanidine groups is 1. The normalized spacial score (nSPS) is 23.8. The Hall–Kier alpha value is -0.810. The second kappa shape index (κ2) is 8.59. The van der Waals surface area contributed by atoms with Crippen LogP contribution < -0.4 is 10.6 Å². The van der Waals surface area contributed by atoms with E-state index in [9.17, 15) is 0 Å². The zero-order valence-corrected chi connectivity index (χ0v) is 13.6. The van der Waals surface area contributed by atoms with Crippen molar-refractivity contribution < 1.29 is 9.47 Å².